The molecule has 0 aromatic heterocycles. The van der Waals surface area contributed by atoms with Gasteiger partial charge in [-0.3, -0.25) is 0 Å². The Bertz CT molecular complexity index is 2850. The van der Waals surface area contributed by atoms with Gasteiger partial charge < -0.3 is 47.4 Å². The van der Waals surface area contributed by atoms with Crippen molar-refractivity contribution in [3.8, 4) is 0 Å². The van der Waals surface area contributed by atoms with Crippen LogP contribution >= 0.6 is 0 Å². The average Bonchev–Trinajstić information content (AvgIpc) is 3.54. The lowest BCUT2D eigenvalue weighted by Crippen LogP contribution is -2.63. The van der Waals surface area contributed by atoms with Crippen molar-refractivity contribution in [3.05, 3.63) is 257 Å². The van der Waals surface area contributed by atoms with Crippen molar-refractivity contribution < 1.29 is 47.4 Å². The monoisotopic (exact) mass is 1110 g/mol. The lowest BCUT2D eigenvalue weighted by Gasteiger charge is -2.49. The zero-order valence-electron chi connectivity index (χ0n) is 44.9. The minimum absolute atomic E-state index is 0.0463. The van der Waals surface area contributed by atoms with Crippen LogP contribution in [-0.4, -0.2) is 98.8 Å². The molecule has 0 bridgehead atoms. The van der Waals surface area contributed by atoms with Gasteiger partial charge in [0.2, 0.25) is 0 Å². The second-order valence-electron chi connectivity index (χ2n) is 19.8. The Morgan fingerprint density at radius 2 is 0.598 bits per heavy atom. The minimum atomic E-state index is -1.26. The Hall–Kier alpha value is -7.84. The number of nitrogens with zero attached hydrogens (tertiary/aromatic N) is 12. The number of azide groups is 4. The van der Waals surface area contributed by atoms with Gasteiger partial charge in [0, 0.05) is 19.6 Å². The molecule has 0 unspecified atom stereocenters. The summed E-state index contributed by atoms with van der Waals surface area (Å²) in [6.45, 7) is 0.499. The molecule has 2 aliphatic heterocycles. The van der Waals surface area contributed by atoms with E-state index in [0.29, 0.717) is 0 Å². The molecular formula is C60H64N12O10. The van der Waals surface area contributed by atoms with E-state index in [4.69, 9.17) is 47.4 Å². The molecule has 3 fully saturated rings. The van der Waals surface area contributed by atoms with Crippen molar-refractivity contribution in [2.75, 3.05) is 13.1 Å². The van der Waals surface area contributed by atoms with E-state index >= 15 is 0 Å². The van der Waals surface area contributed by atoms with Crippen molar-refractivity contribution in [1.82, 2.24) is 0 Å². The van der Waals surface area contributed by atoms with Crippen molar-refractivity contribution in [3.63, 3.8) is 0 Å². The summed E-state index contributed by atoms with van der Waals surface area (Å²) in [4.78, 5) is 12.7. The molecule has 3 aliphatic rings. The Morgan fingerprint density at radius 3 is 0.854 bits per heavy atom. The van der Waals surface area contributed by atoms with Gasteiger partial charge in [-0.2, -0.15) is 0 Å². The molecule has 22 nitrogen and oxygen atoms in total. The van der Waals surface area contributed by atoms with Gasteiger partial charge in [0.25, 0.3) is 0 Å². The second-order valence-corrected chi connectivity index (χ2v) is 19.8. The van der Waals surface area contributed by atoms with Crippen LogP contribution in [0.1, 0.15) is 46.2 Å². The van der Waals surface area contributed by atoms with Gasteiger partial charge in [-0.15, -0.1) is 0 Å². The molecule has 0 amide bonds. The minimum Gasteiger partial charge on any atom is -0.368 e. The molecule has 0 spiro atoms. The first-order valence-corrected chi connectivity index (χ1v) is 27.1. The molecule has 82 heavy (non-hydrogen) atoms. The maximum absolute atomic E-state index is 10.2. The molecule has 1 aliphatic carbocycles. The molecule has 22 heteroatoms. The summed E-state index contributed by atoms with van der Waals surface area (Å²) in [6, 6.07) is 55.7. The van der Waals surface area contributed by atoms with Crippen LogP contribution < -0.4 is 0 Å². The fourth-order valence-electron chi connectivity index (χ4n) is 10.3. The van der Waals surface area contributed by atoms with E-state index in [1.54, 1.807) is 0 Å². The zero-order chi connectivity index (χ0) is 56.6. The standard InChI is InChI=1S/C60H64N12O10/c61-69-65-33-51-53(73-35-41-19-7-1-8-20-41)55(75-37-43-23-11-3-12-24-43)57(77-39-45-27-15-5-16-28-45)59(81-51)79-49-31-48(68-72-64)50(32-47(49)67-71-63)80-60-58(78-40-46-29-17-6-18-30-46)56(76-38-44-25-13-4-14-26-44)54(52(82-60)34-66-70-62)74-36-42-21-9-2-10-22-42/h1-30,47-60H,31-40H2/t47-,48-,49-,50-,51-,52+,53-,54+,55+,56-,57-,58+,59+,60-/m1/s1. The average molecular weight is 1110 g/mol. The van der Waals surface area contributed by atoms with Crippen LogP contribution in [0.4, 0.5) is 0 Å². The summed E-state index contributed by atoms with van der Waals surface area (Å²) in [5, 5.41) is 16.4. The van der Waals surface area contributed by atoms with Gasteiger partial charge in [-0.1, -0.05) is 202 Å². The highest BCUT2D eigenvalue weighted by Crippen LogP contribution is 2.39. The zero-order valence-corrected chi connectivity index (χ0v) is 44.9. The molecule has 2 heterocycles. The Morgan fingerprint density at radius 1 is 0.341 bits per heavy atom. The predicted molar refractivity (Wildman–Crippen MR) is 300 cm³/mol. The summed E-state index contributed by atoms with van der Waals surface area (Å²) in [7, 11) is 0. The van der Waals surface area contributed by atoms with Gasteiger partial charge in [-0.05, 0) is 68.3 Å². The van der Waals surface area contributed by atoms with Crippen molar-refractivity contribution in [2.45, 2.75) is 138 Å². The van der Waals surface area contributed by atoms with Gasteiger partial charge >= 0.3 is 0 Å². The summed E-state index contributed by atoms with van der Waals surface area (Å²) in [5.41, 5.74) is 45.0. The number of hydrogen-bond donors (Lipinski definition) is 0. The Labute approximate surface area is 474 Å². The van der Waals surface area contributed by atoms with E-state index in [9.17, 15) is 22.1 Å². The van der Waals surface area contributed by atoms with Gasteiger partial charge in [0.15, 0.2) is 12.6 Å². The van der Waals surface area contributed by atoms with Gasteiger partial charge in [0.05, 0.1) is 89.2 Å². The van der Waals surface area contributed by atoms with Crippen LogP contribution in [0.3, 0.4) is 0 Å². The van der Waals surface area contributed by atoms with E-state index in [2.05, 4.69) is 40.1 Å². The van der Waals surface area contributed by atoms with Crippen LogP contribution in [0.2, 0.25) is 0 Å². The lowest BCUT2D eigenvalue weighted by molar-refractivity contribution is -0.340. The molecule has 9 rings (SSSR count). The van der Waals surface area contributed by atoms with E-state index < -0.39 is 85.7 Å². The Balaban J connectivity index is 1.04. The number of rotatable bonds is 28. The number of ether oxygens (including phenoxy) is 10. The highest BCUT2D eigenvalue weighted by Gasteiger charge is 2.53. The van der Waals surface area contributed by atoms with Crippen LogP contribution in [-0.2, 0) is 87.0 Å². The fraction of sp³-hybridized carbons (Fsp3) is 0.400. The first kappa shape index (κ1) is 58.8. The van der Waals surface area contributed by atoms with Crippen LogP contribution in [0, 0.1) is 0 Å². The topological polar surface area (TPSA) is 287 Å². The quantitative estimate of drug-likeness (QED) is 0.0254. The molecular weight excluding hydrogens is 1050 g/mol. The van der Waals surface area contributed by atoms with Gasteiger partial charge in [-0.25, -0.2) is 0 Å². The third-order valence-corrected chi connectivity index (χ3v) is 14.4. The normalized spacial score (nSPS) is 26.9. The van der Waals surface area contributed by atoms with E-state index in [1.807, 2.05) is 182 Å². The SMILES string of the molecule is [N-]=[N+]=NC[C@@H]1O[C@@H](O[C@@H]2C[C@@H](N=[N+]=[N-])[C@H](O[C@H]3O[C@H](CN=[N+]=[N-])[C@@H](OCc4ccccc4)[C@H](OCc4ccccc4)[C@H]3OCc3ccccc3)C[C@H]2N=[N+]=[N-])[C@@H](OCc2ccccc2)[C@H](OCc2ccccc2)[C@H]1OCc1ccccc1. The second kappa shape index (κ2) is 31.4. The number of benzene rings is 6. The molecule has 6 aromatic rings. The molecule has 2 saturated heterocycles. The van der Waals surface area contributed by atoms with Gasteiger partial charge in [0.1, 0.15) is 36.6 Å². The van der Waals surface area contributed by atoms with Crippen LogP contribution in [0.5, 0.6) is 0 Å². The van der Waals surface area contributed by atoms with Crippen molar-refractivity contribution in [2.24, 2.45) is 20.5 Å². The molecule has 1 saturated carbocycles. The van der Waals surface area contributed by atoms with Crippen molar-refractivity contribution >= 4 is 0 Å². The smallest absolute Gasteiger partial charge is 0.187 e. The molecule has 14 atom stereocenters. The Kier molecular flexibility index (Phi) is 22.5. The number of hydrogen-bond acceptors (Lipinski definition) is 14. The third kappa shape index (κ3) is 16.6. The molecule has 424 valence electrons. The first-order chi connectivity index (χ1) is 40.5. The highest BCUT2D eigenvalue weighted by atomic mass is 16.7. The van der Waals surface area contributed by atoms with E-state index in [0.717, 1.165) is 33.4 Å². The lowest BCUT2D eigenvalue weighted by atomic mass is 9.86. The molecule has 0 N–H and O–H groups in total. The highest BCUT2D eigenvalue weighted by molar-refractivity contribution is 5.19. The summed E-state index contributed by atoms with van der Waals surface area (Å²) < 4.78 is 68.3. The first-order valence-electron chi connectivity index (χ1n) is 27.1. The maximum Gasteiger partial charge on any atom is 0.187 e. The van der Waals surface area contributed by atoms with E-state index in [1.165, 1.54) is 0 Å². The largest absolute Gasteiger partial charge is 0.368 e. The fourth-order valence-corrected chi connectivity index (χ4v) is 10.3. The third-order valence-electron chi connectivity index (χ3n) is 14.4. The van der Waals surface area contributed by atoms with Crippen LogP contribution in [0.15, 0.2) is 202 Å². The molecule has 0 radical (unpaired) electrons. The van der Waals surface area contributed by atoms with Crippen molar-refractivity contribution in [1.29, 1.82) is 0 Å². The maximum atomic E-state index is 10.2. The summed E-state index contributed by atoms with van der Waals surface area (Å²) >= 11 is 0. The molecule has 6 aromatic carbocycles. The van der Waals surface area contributed by atoms with E-state index in [-0.39, 0.29) is 65.6 Å². The van der Waals surface area contributed by atoms with Crippen LogP contribution in [0.25, 0.3) is 41.8 Å². The summed E-state index contributed by atoms with van der Waals surface area (Å²) in [6.07, 6.45) is -12.0. The summed E-state index contributed by atoms with van der Waals surface area (Å²) in [5.74, 6) is 0. The predicted octanol–water partition coefficient (Wildman–Crippen LogP) is 12.5.